The quantitative estimate of drug-likeness (QED) is 0.787. The molecular weight excluding hydrogens is 345 g/mol. The normalized spacial score (nSPS) is 12.2. The average molecular weight is 358 g/mol. The minimum atomic E-state index is -4.12. The standard InChI is InChI=1S/C11H13ClFNO5S2/c1-7-5-9(13)8(6-10(7)21(12,18)19)11(15)14-3-4-20(2,16)17/h5-6H,3-4H2,1-2H3,(H,14,15). The summed E-state index contributed by atoms with van der Waals surface area (Å²) in [6, 6.07) is 1.70. The van der Waals surface area contributed by atoms with Gasteiger partial charge in [-0.2, -0.15) is 0 Å². The molecule has 0 fully saturated rings. The van der Waals surface area contributed by atoms with Crippen LogP contribution in [0.5, 0.6) is 0 Å². The van der Waals surface area contributed by atoms with Gasteiger partial charge < -0.3 is 5.32 Å². The Kier molecular flexibility index (Phi) is 5.35. The van der Waals surface area contributed by atoms with Gasteiger partial charge in [0.25, 0.3) is 15.0 Å². The first kappa shape index (κ1) is 17.9. The van der Waals surface area contributed by atoms with Gasteiger partial charge in [0.2, 0.25) is 0 Å². The molecule has 0 radical (unpaired) electrons. The summed E-state index contributed by atoms with van der Waals surface area (Å²) in [4.78, 5) is 11.4. The number of amides is 1. The number of hydrogen-bond acceptors (Lipinski definition) is 5. The van der Waals surface area contributed by atoms with Crippen LogP contribution < -0.4 is 5.32 Å². The van der Waals surface area contributed by atoms with Gasteiger partial charge in [0.15, 0.2) is 0 Å². The van der Waals surface area contributed by atoms with E-state index in [4.69, 9.17) is 10.7 Å². The van der Waals surface area contributed by atoms with E-state index in [1.807, 2.05) is 0 Å². The Bertz CT molecular complexity index is 774. The van der Waals surface area contributed by atoms with Crippen LogP contribution in [0.1, 0.15) is 15.9 Å². The summed E-state index contributed by atoms with van der Waals surface area (Å²) < 4.78 is 58.2. The van der Waals surface area contributed by atoms with Gasteiger partial charge in [0.1, 0.15) is 15.7 Å². The molecule has 0 atom stereocenters. The first-order chi connectivity index (χ1) is 9.42. The minimum absolute atomic E-state index is 0.0650. The zero-order valence-electron chi connectivity index (χ0n) is 11.2. The van der Waals surface area contributed by atoms with Crippen LogP contribution in [0.4, 0.5) is 4.39 Å². The SMILES string of the molecule is Cc1cc(F)c(C(=O)NCCS(C)(=O)=O)cc1S(=O)(=O)Cl. The van der Waals surface area contributed by atoms with Gasteiger partial charge in [0.05, 0.1) is 16.2 Å². The van der Waals surface area contributed by atoms with Gasteiger partial charge >= 0.3 is 0 Å². The number of rotatable bonds is 5. The molecule has 0 saturated carbocycles. The molecule has 1 rings (SSSR count). The van der Waals surface area contributed by atoms with E-state index in [0.717, 1.165) is 18.4 Å². The number of halogens is 2. The third kappa shape index (κ3) is 5.25. The van der Waals surface area contributed by atoms with Crippen molar-refractivity contribution in [1.82, 2.24) is 5.32 Å². The third-order valence-corrected chi connectivity index (χ3v) is 4.94. The lowest BCUT2D eigenvalue weighted by Crippen LogP contribution is -2.29. The van der Waals surface area contributed by atoms with Crippen LogP contribution >= 0.6 is 10.7 Å². The molecule has 0 aliphatic heterocycles. The number of hydrogen-bond donors (Lipinski definition) is 1. The van der Waals surface area contributed by atoms with Crippen LogP contribution in [0, 0.1) is 12.7 Å². The molecule has 0 aliphatic rings. The first-order valence-corrected chi connectivity index (χ1v) is 9.99. The van der Waals surface area contributed by atoms with Crippen molar-refractivity contribution in [1.29, 1.82) is 0 Å². The van der Waals surface area contributed by atoms with Gasteiger partial charge in [-0.05, 0) is 24.6 Å². The molecule has 0 unspecified atom stereocenters. The second-order valence-corrected chi connectivity index (χ2v) is 9.22. The fraction of sp³-hybridized carbons (Fsp3) is 0.364. The number of aryl methyl sites for hydroxylation is 1. The Labute approximate surface area is 126 Å². The number of carbonyl (C=O) groups is 1. The molecule has 0 aromatic heterocycles. The first-order valence-electron chi connectivity index (χ1n) is 5.62. The van der Waals surface area contributed by atoms with E-state index in [1.165, 1.54) is 6.92 Å². The Morgan fingerprint density at radius 3 is 2.33 bits per heavy atom. The maximum atomic E-state index is 13.7. The lowest BCUT2D eigenvalue weighted by molar-refractivity contribution is 0.0952. The third-order valence-electron chi connectivity index (χ3n) is 2.53. The smallest absolute Gasteiger partial charge is 0.261 e. The number of nitrogens with one attached hydrogen (secondary N) is 1. The molecule has 118 valence electrons. The molecule has 1 amide bonds. The topological polar surface area (TPSA) is 97.4 Å². The second-order valence-electron chi connectivity index (χ2n) is 4.42. The predicted octanol–water partition coefficient (Wildman–Crippen LogP) is 0.836. The van der Waals surface area contributed by atoms with E-state index in [2.05, 4.69) is 5.32 Å². The number of sulfone groups is 1. The number of benzene rings is 1. The van der Waals surface area contributed by atoms with E-state index in [-0.39, 0.29) is 22.8 Å². The molecule has 0 heterocycles. The molecule has 0 saturated heterocycles. The Balaban J connectivity index is 3.05. The van der Waals surface area contributed by atoms with Crippen molar-refractivity contribution in [3.8, 4) is 0 Å². The Morgan fingerprint density at radius 1 is 1.29 bits per heavy atom. The molecule has 21 heavy (non-hydrogen) atoms. The summed E-state index contributed by atoms with van der Waals surface area (Å²) in [7, 11) is -2.20. The summed E-state index contributed by atoms with van der Waals surface area (Å²) in [6.45, 7) is 1.12. The maximum Gasteiger partial charge on any atom is 0.261 e. The lowest BCUT2D eigenvalue weighted by Gasteiger charge is -2.09. The molecule has 6 nitrogen and oxygen atoms in total. The van der Waals surface area contributed by atoms with Crippen molar-refractivity contribution in [2.24, 2.45) is 0 Å². The van der Waals surface area contributed by atoms with Crippen LogP contribution in [0.3, 0.4) is 0 Å². The van der Waals surface area contributed by atoms with Crippen LogP contribution in [-0.2, 0) is 18.9 Å². The molecule has 10 heteroatoms. The van der Waals surface area contributed by atoms with Crippen molar-refractivity contribution in [2.45, 2.75) is 11.8 Å². The van der Waals surface area contributed by atoms with Crippen molar-refractivity contribution in [3.05, 3.63) is 29.1 Å². The summed E-state index contributed by atoms with van der Waals surface area (Å²) >= 11 is 0. The summed E-state index contributed by atoms with van der Waals surface area (Å²) in [5.74, 6) is -2.15. The number of carbonyl (C=O) groups excluding carboxylic acids is 1. The second kappa shape index (κ2) is 6.29. The minimum Gasteiger partial charge on any atom is -0.351 e. The van der Waals surface area contributed by atoms with Gasteiger partial charge in [-0.15, -0.1) is 0 Å². The summed E-state index contributed by atoms with van der Waals surface area (Å²) in [5, 5.41) is 2.20. The van der Waals surface area contributed by atoms with Gasteiger partial charge in [-0.25, -0.2) is 21.2 Å². The predicted molar refractivity (Wildman–Crippen MR) is 76.2 cm³/mol. The molecule has 0 aliphatic carbocycles. The van der Waals surface area contributed by atoms with Crippen molar-refractivity contribution in [2.75, 3.05) is 18.6 Å². The van der Waals surface area contributed by atoms with E-state index in [1.54, 1.807) is 0 Å². The van der Waals surface area contributed by atoms with Gasteiger partial charge in [-0.3, -0.25) is 4.79 Å². The molecule has 1 N–H and O–H groups in total. The summed E-state index contributed by atoms with van der Waals surface area (Å²) in [6.07, 6.45) is 0.990. The fourth-order valence-electron chi connectivity index (χ4n) is 1.53. The molecule has 0 bridgehead atoms. The van der Waals surface area contributed by atoms with Crippen molar-refractivity contribution < 1.29 is 26.0 Å². The van der Waals surface area contributed by atoms with Crippen LogP contribution in [0.25, 0.3) is 0 Å². The highest BCUT2D eigenvalue weighted by Gasteiger charge is 2.20. The van der Waals surface area contributed by atoms with Crippen LogP contribution in [-0.4, -0.2) is 41.3 Å². The summed E-state index contributed by atoms with van der Waals surface area (Å²) in [5.41, 5.74) is -0.455. The van der Waals surface area contributed by atoms with E-state index >= 15 is 0 Å². The fourth-order valence-corrected chi connectivity index (χ4v) is 3.21. The van der Waals surface area contributed by atoms with Crippen LogP contribution in [0.2, 0.25) is 0 Å². The zero-order chi connectivity index (χ0) is 16.4. The highest BCUT2D eigenvalue weighted by molar-refractivity contribution is 8.13. The van der Waals surface area contributed by atoms with Crippen molar-refractivity contribution in [3.63, 3.8) is 0 Å². The largest absolute Gasteiger partial charge is 0.351 e. The Morgan fingerprint density at radius 2 is 1.86 bits per heavy atom. The highest BCUT2D eigenvalue weighted by Crippen LogP contribution is 2.23. The monoisotopic (exact) mass is 357 g/mol. The molecular formula is C11H13ClFNO5S2. The molecule has 0 spiro atoms. The molecule has 1 aromatic rings. The Hall–Kier alpha value is -1.19. The van der Waals surface area contributed by atoms with Crippen LogP contribution in [0.15, 0.2) is 17.0 Å². The average Bonchev–Trinajstić information content (AvgIpc) is 2.24. The zero-order valence-corrected chi connectivity index (χ0v) is 13.6. The molecule has 1 aromatic carbocycles. The van der Waals surface area contributed by atoms with Crippen molar-refractivity contribution >= 4 is 35.5 Å². The highest BCUT2D eigenvalue weighted by atomic mass is 35.7. The van der Waals surface area contributed by atoms with E-state index in [9.17, 15) is 26.0 Å². The van der Waals surface area contributed by atoms with Gasteiger partial charge in [-0.1, -0.05) is 0 Å². The van der Waals surface area contributed by atoms with Gasteiger partial charge in [0, 0.05) is 23.5 Å². The van der Waals surface area contributed by atoms with E-state index in [0.29, 0.717) is 0 Å². The maximum absolute atomic E-state index is 13.7. The lowest BCUT2D eigenvalue weighted by atomic mass is 10.1. The van der Waals surface area contributed by atoms with E-state index < -0.39 is 36.2 Å².